The van der Waals surface area contributed by atoms with E-state index in [4.69, 9.17) is 15.0 Å². The van der Waals surface area contributed by atoms with Crippen LogP contribution in [-0.4, -0.2) is 37.8 Å². The topological polar surface area (TPSA) is 88.1 Å². The Bertz CT molecular complexity index is 654. The van der Waals surface area contributed by atoms with Crippen LogP contribution in [0.15, 0.2) is 24.9 Å². The minimum absolute atomic E-state index is 0.360. The molecule has 0 spiro atoms. The fourth-order valence-corrected chi connectivity index (χ4v) is 2.04. The molecule has 1 fully saturated rings. The number of nitrogens with zero attached hydrogens (tertiary/aromatic N) is 4. The molecule has 0 bridgehead atoms. The van der Waals surface area contributed by atoms with Crippen LogP contribution >= 0.6 is 0 Å². The third-order valence-corrected chi connectivity index (χ3v) is 4.00. The lowest BCUT2D eigenvalue weighted by Gasteiger charge is -2.32. The van der Waals surface area contributed by atoms with Crippen molar-refractivity contribution >= 4 is 18.5 Å². The van der Waals surface area contributed by atoms with E-state index in [0.717, 1.165) is 0 Å². The molecule has 7 nitrogen and oxygen atoms in total. The summed E-state index contributed by atoms with van der Waals surface area (Å²) < 4.78 is 13.7. The molecule has 0 radical (unpaired) electrons. The van der Waals surface area contributed by atoms with Gasteiger partial charge in [0.15, 0.2) is 5.82 Å². The Hall–Kier alpha value is -1.93. The van der Waals surface area contributed by atoms with E-state index in [1.165, 1.54) is 6.20 Å². The van der Waals surface area contributed by atoms with E-state index in [-0.39, 0.29) is 0 Å². The summed E-state index contributed by atoms with van der Waals surface area (Å²) in [5, 5.41) is 0. The Kier molecular flexibility index (Phi) is 3.03. The molecule has 3 rings (SSSR count). The third-order valence-electron chi connectivity index (χ3n) is 4.00. The molecular weight excluding hydrogens is 269 g/mol. The van der Waals surface area contributed by atoms with Crippen LogP contribution in [0.2, 0.25) is 0 Å². The fraction of sp³-hybridized carbons (Fsp3) is 0.462. The Labute approximate surface area is 123 Å². The summed E-state index contributed by atoms with van der Waals surface area (Å²) in [6, 6.07) is 0. The van der Waals surface area contributed by atoms with Crippen molar-refractivity contribution < 1.29 is 9.31 Å². The highest BCUT2D eigenvalue weighted by atomic mass is 16.7. The highest BCUT2D eigenvalue weighted by Crippen LogP contribution is 2.36. The van der Waals surface area contributed by atoms with Gasteiger partial charge in [0.2, 0.25) is 0 Å². The number of anilines is 1. The summed E-state index contributed by atoms with van der Waals surface area (Å²) in [7, 11) is -0.495. The van der Waals surface area contributed by atoms with Crippen LogP contribution < -0.4 is 11.3 Å². The van der Waals surface area contributed by atoms with Crippen molar-refractivity contribution in [1.29, 1.82) is 0 Å². The number of rotatable bonds is 2. The Morgan fingerprint density at radius 3 is 2.43 bits per heavy atom. The van der Waals surface area contributed by atoms with E-state index < -0.39 is 18.3 Å². The smallest absolute Gasteiger partial charge is 0.398 e. The summed E-state index contributed by atoms with van der Waals surface area (Å²) in [4.78, 5) is 12.6. The summed E-state index contributed by atoms with van der Waals surface area (Å²) >= 11 is 0. The third kappa shape index (κ3) is 2.40. The van der Waals surface area contributed by atoms with E-state index in [1.807, 2.05) is 33.9 Å². The van der Waals surface area contributed by atoms with E-state index in [9.17, 15) is 0 Å². The second kappa shape index (κ2) is 4.54. The molecule has 1 aliphatic heterocycles. The minimum Gasteiger partial charge on any atom is -0.398 e. The number of nitrogen functional groups attached to an aromatic ring is 1. The van der Waals surface area contributed by atoms with Crippen LogP contribution in [0.4, 0.5) is 5.82 Å². The quantitative estimate of drug-likeness (QED) is 0.811. The van der Waals surface area contributed by atoms with Gasteiger partial charge in [0, 0.05) is 6.20 Å². The first-order chi connectivity index (χ1) is 9.78. The van der Waals surface area contributed by atoms with Gasteiger partial charge in [-0.05, 0) is 27.7 Å². The highest BCUT2D eigenvalue weighted by Gasteiger charge is 2.52. The van der Waals surface area contributed by atoms with Crippen LogP contribution in [0, 0.1) is 0 Å². The number of nitrogens with two attached hydrogens (primary N) is 1. The Balaban J connectivity index is 1.87. The zero-order valence-electron chi connectivity index (χ0n) is 12.6. The van der Waals surface area contributed by atoms with E-state index in [0.29, 0.717) is 17.2 Å². The molecule has 8 heteroatoms. The molecule has 0 unspecified atom stereocenters. The summed E-state index contributed by atoms with van der Waals surface area (Å²) in [5.74, 6) is 0.962. The lowest BCUT2D eigenvalue weighted by Crippen LogP contribution is -2.41. The van der Waals surface area contributed by atoms with Crippen LogP contribution in [0.3, 0.4) is 0 Å². The molecule has 0 amide bonds. The minimum atomic E-state index is -0.495. The van der Waals surface area contributed by atoms with Gasteiger partial charge >= 0.3 is 7.12 Å². The van der Waals surface area contributed by atoms with Crippen molar-refractivity contribution in [2.24, 2.45) is 0 Å². The maximum atomic E-state index is 5.96. The van der Waals surface area contributed by atoms with Crippen LogP contribution in [0.25, 0.3) is 5.82 Å². The van der Waals surface area contributed by atoms with Crippen LogP contribution in [-0.2, 0) is 9.31 Å². The molecule has 2 aromatic rings. The maximum absolute atomic E-state index is 5.96. The predicted octanol–water partition coefficient (Wildman–Crippen LogP) is 0.544. The first-order valence-corrected chi connectivity index (χ1v) is 6.76. The van der Waals surface area contributed by atoms with Crippen molar-refractivity contribution in [3.05, 3.63) is 24.9 Å². The van der Waals surface area contributed by atoms with Gasteiger partial charge in [-0.1, -0.05) is 0 Å². The van der Waals surface area contributed by atoms with Crippen molar-refractivity contribution in [2.75, 3.05) is 5.73 Å². The Morgan fingerprint density at radius 2 is 1.81 bits per heavy atom. The van der Waals surface area contributed by atoms with Gasteiger partial charge in [-0.15, -0.1) is 0 Å². The molecular formula is C13H18BN5O2. The maximum Gasteiger partial charge on any atom is 0.516 e. The zero-order chi connectivity index (χ0) is 15.3. The van der Waals surface area contributed by atoms with Gasteiger partial charge in [-0.3, -0.25) is 9.55 Å². The van der Waals surface area contributed by atoms with E-state index in [2.05, 4.69) is 15.0 Å². The standard InChI is InChI=1S/C13H18BN5O2/c1-12(2)13(3,4)21-14(20-12)9-7-19(8-17-9)11-6-16-5-10(15)18-11/h5-8H,1-4H3,(H2,15,18). The average Bonchev–Trinajstić information content (AvgIpc) is 2.93. The zero-order valence-corrected chi connectivity index (χ0v) is 12.6. The van der Waals surface area contributed by atoms with E-state index >= 15 is 0 Å². The summed E-state index contributed by atoms with van der Waals surface area (Å²) in [6.07, 6.45) is 6.57. The largest absolute Gasteiger partial charge is 0.516 e. The molecule has 21 heavy (non-hydrogen) atoms. The molecule has 0 saturated carbocycles. The second-order valence-corrected chi connectivity index (χ2v) is 6.10. The molecule has 1 aliphatic rings. The van der Waals surface area contributed by atoms with Crippen molar-refractivity contribution in [2.45, 2.75) is 38.9 Å². The first-order valence-electron chi connectivity index (χ1n) is 6.76. The molecule has 2 N–H and O–H groups in total. The number of imidazole rings is 1. The van der Waals surface area contributed by atoms with Crippen LogP contribution in [0.1, 0.15) is 27.7 Å². The molecule has 1 saturated heterocycles. The van der Waals surface area contributed by atoms with Gasteiger partial charge < -0.3 is 15.0 Å². The van der Waals surface area contributed by atoms with Gasteiger partial charge in [-0.2, -0.15) is 0 Å². The second-order valence-electron chi connectivity index (χ2n) is 6.10. The number of hydrogen-bond donors (Lipinski definition) is 1. The van der Waals surface area contributed by atoms with Gasteiger partial charge in [0.25, 0.3) is 0 Å². The molecule has 2 aromatic heterocycles. The van der Waals surface area contributed by atoms with Crippen molar-refractivity contribution in [3.8, 4) is 5.82 Å². The Morgan fingerprint density at radius 1 is 1.14 bits per heavy atom. The van der Waals surface area contributed by atoms with Gasteiger partial charge in [0.05, 0.1) is 35.5 Å². The van der Waals surface area contributed by atoms with Crippen molar-refractivity contribution in [1.82, 2.24) is 19.5 Å². The predicted molar refractivity (Wildman–Crippen MR) is 79.3 cm³/mol. The molecule has 110 valence electrons. The highest BCUT2D eigenvalue weighted by molar-refractivity contribution is 6.61. The monoisotopic (exact) mass is 287 g/mol. The molecule has 0 atom stereocenters. The lowest BCUT2D eigenvalue weighted by molar-refractivity contribution is 0.00578. The van der Waals surface area contributed by atoms with Gasteiger partial charge in [0.1, 0.15) is 5.82 Å². The number of aromatic nitrogens is 4. The SMILES string of the molecule is CC1(C)OB(c2cn(-c3cncc(N)n3)cn2)OC1(C)C. The molecule has 0 aliphatic carbocycles. The number of hydrogen-bond acceptors (Lipinski definition) is 6. The average molecular weight is 287 g/mol. The summed E-state index contributed by atoms with van der Waals surface area (Å²) in [6.45, 7) is 8.03. The lowest BCUT2D eigenvalue weighted by atomic mass is 9.86. The molecule has 0 aromatic carbocycles. The molecule has 3 heterocycles. The fourth-order valence-electron chi connectivity index (χ4n) is 2.04. The first kappa shape index (κ1) is 14.0. The van der Waals surface area contributed by atoms with Crippen molar-refractivity contribution in [3.63, 3.8) is 0 Å². The summed E-state index contributed by atoms with van der Waals surface area (Å²) in [5.41, 5.74) is 5.55. The van der Waals surface area contributed by atoms with E-state index in [1.54, 1.807) is 17.1 Å². The van der Waals surface area contributed by atoms with Gasteiger partial charge in [-0.25, -0.2) is 9.97 Å². The van der Waals surface area contributed by atoms with Crippen LogP contribution in [0.5, 0.6) is 0 Å². The normalized spacial score (nSPS) is 19.9.